The molecule has 102 valence electrons. The smallest absolute Gasteiger partial charge is 0.410 e. The van der Waals surface area contributed by atoms with Gasteiger partial charge < -0.3 is 14.5 Å². The van der Waals surface area contributed by atoms with E-state index in [2.05, 4.69) is 0 Å². The number of hydrogen-bond donors (Lipinski definition) is 0. The highest BCUT2D eigenvalue weighted by Gasteiger charge is 2.11. The van der Waals surface area contributed by atoms with Crippen molar-refractivity contribution < 1.29 is 9.53 Å². The molecule has 0 aromatic heterocycles. The van der Waals surface area contributed by atoms with E-state index in [1.54, 1.807) is 14.1 Å². The zero-order chi connectivity index (χ0) is 13.0. The maximum atomic E-state index is 11.5. The summed E-state index contributed by atoms with van der Waals surface area (Å²) in [4.78, 5) is 15.0. The van der Waals surface area contributed by atoms with Crippen molar-refractivity contribution in [3.63, 3.8) is 0 Å². The third-order valence-electron chi connectivity index (χ3n) is 2.26. The minimum absolute atomic E-state index is 0. The summed E-state index contributed by atoms with van der Waals surface area (Å²) in [6, 6.07) is 5.82. The van der Waals surface area contributed by atoms with Crippen LogP contribution in [0.5, 0.6) is 5.75 Å². The Morgan fingerprint density at radius 3 is 2.33 bits per heavy atom. The van der Waals surface area contributed by atoms with Crippen molar-refractivity contribution in [2.75, 3.05) is 28.2 Å². The summed E-state index contributed by atoms with van der Waals surface area (Å²) < 4.78 is 5.32. The van der Waals surface area contributed by atoms with Gasteiger partial charge in [0.05, 0.1) is 0 Å². The van der Waals surface area contributed by atoms with Crippen LogP contribution in [0.4, 0.5) is 4.79 Å². The first-order valence-corrected chi connectivity index (χ1v) is 5.53. The predicted octanol–water partition coefficient (Wildman–Crippen LogP) is 2.54. The third kappa shape index (κ3) is 4.94. The molecule has 0 atom stereocenters. The minimum Gasteiger partial charge on any atom is -0.410 e. The Kier molecular flexibility index (Phi) is 6.73. The van der Waals surface area contributed by atoms with Crippen LogP contribution in [0.1, 0.15) is 11.1 Å². The average Bonchev–Trinajstić information content (AvgIpc) is 2.20. The fourth-order valence-corrected chi connectivity index (χ4v) is 1.46. The molecule has 18 heavy (non-hydrogen) atoms. The second-order valence-corrected chi connectivity index (χ2v) is 4.61. The summed E-state index contributed by atoms with van der Waals surface area (Å²) in [5, 5.41) is 0. The molecular weight excluding hydrogens is 252 g/mol. The second-order valence-electron chi connectivity index (χ2n) is 4.61. The Hall–Kier alpha value is -1.26. The van der Waals surface area contributed by atoms with E-state index in [4.69, 9.17) is 4.74 Å². The molecular formula is C13H21ClN2O2. The second kappa shape index (κ2) is 7.24. The summed E-state index contributed by atoms with van der Waals surface area (Å²) in [5.74, 6) is 0.628. The molecule has 0 aliphatic rings. The fourth-order valence-electron chi connectivity index (χ4n) is 1.46. The Morgan fingerprint density at radius 1 is 1.22 bits per heavy atom. The van der Waals surface area contributed by atoms with Crippen LogP contribution in [0, 0.1) is 6.92 Å². The van der Waals surface area contributed by atoms with Gasteiger partial charge in [0.2, 0.25) is 0 Å². The van der Waals surface area contributed by atoms with E-state index in [0.717, 1.165) is 17.7 Å². The van der Waals surface area contributed by atoms with Crippen molar-refractivity contribution in [2.24, 2.45) is 0 Å². The Bertz CT molecular complexity index is 406. The van der Waals surface area contributed by atoms with Gasteiger partial charge in [-0.25, -0.2) is 4.79 Å². The molecule has 0 saturated heterocycles. The highest BCUT2D eigenvalue weighted by atomic mass is 35.5. The quantitative estimate of drug-likeness (QED) is 0.848. The molecule has 0 fully saturated rings. The molecule has 1 amide bonds. The van der Waals surface area contributed by atoms with Gasteiger partial charge in [0.1, 0.15) is 5.75 Å². The zero-order valence-corrected chi connectivity index (χ0v) is 12.4. The van der Waals surface area contributed by atoms with Gasteiger partial charge in [-0.05, 0) is 27.1 Å². The molecule has 0 heterocycles. The Balaban J connectivity index is 0.00000289. The fraction of sp³-hybridized carbons (Fsp3) is 0.462. The topological polar surface area (TPSA) is 32.8 Å². The van der Waals surface area contributed by atoms with Crippen LogP contribution in [-0.2, 0) is 6.54 Å². The number of aryl methyl sites for hydroxylation is 1. The number of carbonyl (C=O) groups is 1. The van der Waals surface area contributed by atoms with E-state index in [-0.39, 0.29) is 18.5 Å². The molecule has 1 rings (SSSR count). The normalized spacial score (nSPS) is 9.89. The van der Waals surface area contributed by atoms with Crippen LogP contribution in [0.15, 0.2) is 18.2 Å². The monoisotopic (exact) mass is 272 g/mol. The highest BCUT2D eigenvalue weighted by Crippen LogP contribution is 2.21. The van der Waals surface area contributed by atoms with Crippen molar-refractivity contribution >= 4 is 18.5 Å². The number of halogens is 1. The molecule has 0 bridgehead atoms. The molecule has 0 aliphatic carbocycles. The molecule has 0 unspecified atom stereocenters. The van der Waals surface area contributed by atoms with Gasteiger partial charge in [0, 0.05) is 26.2 Å². The van der Waals surface area contributed by atoms with E-state index >= 15 is 0 Å². The number of ether oxygens (including phenoxy) is 1. The van der Waals surface area contributed by atoms with Crippen LogP contribution in [0.25, 0.3) is 0 Å². The van der Waals surface area contributed by atoms with Crippen LogP contribution < -0.4 is 4.74 Å². The largest absolute Gasteiger partial charge is 0.414 e. The number of hydrogen-bond acceptors (Lipinski definition) is 3. The molecule has 0 saturated carbocycles. The highest BCUT2D eigenvalue weighted by molar-refractivity contribution is 5.85. The first kappa shape index (κ1) is 16.7. The first-order valence-electron chi connectivity index (χ1n) is 5.53. The summed E-state index contributed by atoms with van der Waals surface area (Å²) >= 11 is 0. The van der Waals surface area contributed by atoms with Gasteiger partial charge in [-0.3, -0.25) is 0 Å². The number of carbonyl (C=O) groups excluding carboxylic acids is 1. The van der Waals surface area contributed by atoms with Crippen molar-refractivity contribution in [1.29, 1.82) is 0 Å². The van der Waals surface area contributed by atoms with E-state index in [9.17, 15) is 4.79 Å². The van der Waals surface area contributed by atoms with Gasteiger partial charge in [-0.2, -0.15) is 0 Å². The van der Waals surface area contributed by atoms with Crippen molar-refractivity contribution in [3.8, 4) is 5.75 Å². The van der Waals surface area contributed by atoms with E-state index in [1.165, 1.54) is 4.90 Å². The number of amides is 1. The van der Waals surface area contributed by atoms with Crippen LogP contribution in [0.2, 0.25) is 0 Å². The molecule has 0 radical (unpaired) electrons. The van der Waals surface area contributed by atoms with Gasteiger partial charge in [-0.15, -0.1) is 12.4 Å². The standard InChI is InChI=1S/C13H20N2O2.ClH/c1-10-6-7-12(17-13(16)15(4)5)11(8-10)9-14(2)3;/h6-8H,9H2,1-5H3;1H. The number of benzene rings is 1. The number of rotatable bonds is 3. The van der Waals surface area contributed by atoms with Gasteiger partial charge in [0.15, 0.2) is 0 Å². The minimum atomic E-state index is -0.353. The van der Waals surface area contributed by atoms with E-state index in [1.807, 2.05) is 44.1 Å². The van der Waals surface area contributed by atoms with E-state index < -0.39 is 0 Å². The Morgan fingerprint density at radius 2 is 1.83 bits per heavy atom. The lowest BCUT2D eigenvalue weighted by atomic mass is 10.1. The molecule has 1 aromatic rings. The van der Waals surface area contributed by atoms with Gasteiger partial charge >= 0.3 is 6.09 Å². The van der Waals surface area contributed by atoms with Crippen molar-refractivity contribution in [2.45, 2.75) is 13.5 Å². The lowest BCUT2D eigenvalue weighted by Gasteiger charge is -2.16. The predicted molar refractivity (Wildman–Crippen MR) is 75.5 cm³/mol. The zero-order valence-electron chi connectivity index (χ0n) is 11.6. The number of nitrogens with zero attached hydrogens (tertiary/aromatic N) is 2. The molecule has 5 heteroatoms. The summed E-state index contributed by atoms with van der Waals surface area (Å²) in [6.45, 7) is 2.77. The first-order chi connectivity index (χ1) is 7.90. The SMILES string of the molecule is Cc1ccc(OC(=O)N(C)C)c(CN(C)C)c1.Cl. The lowest BCUT2D eigenvalue weighted by molar-refractivity contribution is 0.171. The summed E-state index contributed by atoms with van der Waals surface area (Å²) in [5.41, 5.74) is 2.18. The van der Waals surface area contributed by atoms with Crippen molar-refractivity contribution in [1.82, 2.24) is 9.80 Å². The van der Waals surface area contributed by atoms with Crippen molar-refractivity contribution in [3.05, 3.63) is 29.3 Å². The lowest BCUT2D eigenvalue weighted by Crippen LogP contribution is -2.26. The van der Waals surface area contributed by atoms with Crippen LogP contribution in [0.3, 0.4) is 0 Å². The molecule has 4 nitrogen and oxygen atoms in total. The average molecular weight is 273 g/mol. The summed E-state index contributed by atoms with van der Waals surface area (Å²) in [6.07, 6.45) is -0.353. The van der Waals surface area contributed by atoms with Gasteiger partial charge in [0.25, 0.3) is 0 Å². The molecule has 0 spiro atoms. The summed E-state index contributed by atoms with van der Waals surface area (Å²) in [7, 11) is 7.31. The van der Waals surface area contributed by atoms with Crippen LogP contribution >= 0.6 is 12.4 Å². The molecule has 0 N–H and O–H groups in total. The third-order valence-corrected chi connectivity index (χ3v) is 2.26. The molecule has 1 aromatic carbocycles. The van der Waals surface area contributed by atoms with E-state index in [0.29, 0.717) is 5.75 Å². The Labute approximate surface area is 115 Å². The van der Waals surface area contributed by atoms with Crippen LogP contribution in [-0.4, -0.2) is 44.1 Å². The maximum absolute atomic E-state index is 11.5. The maximum Gasteiger partial charge on any atom is 0.414 e. The molecule has 0 aliphatic heterocycles. The van der Waals surface area contributed by atoms with Gasteiger partial charge in [-0.1, -0.05) is 17.7 Å².